The van der Waals surface area contributed by atoms with E-state index in [1.54, 1.807) is 6.08 Å². The van der Waals surface area contributed by atoms with Gasteiger partial charge in [-0.15, -0.1) is 0 Å². The Kier molecular flexibility index (Phi) is 10.6. The van der Waals surface area contributed by atoms with Gasteiger partial charge in [0.25, 0.3) is 0 Å². The van der Waals surface area contributed by atoms with E-state index < -0.39 is 5.97 Å². The summed E-state index contributed by atoms with van der Waals surface area (Å²) in [6.07, 6.45) is 13.4. The van der Waals surface area contributed by atoms with Gasteiger partial charge in [-0.25, -0.2) is 4.79 Å². The molecule has 1 N–H and O–H groups in total. The number of aryl methyl sites for hydroxylation is 1. The average molecular weight is 479 g/mol. The highest BCUT2D eigenvalue weighted by molar-refractivity contribution is 5.88. The van der Waals surface area contributed by atoms with Crippen LogP contribution < -0.4 is 4.74 Å². The third-order valence-corrected chi connectivity index (χ3v) is 6.37. The lowest BCUT2D eigenvalue weighted by Crippen LogP contribution is -2.17. The van der Waals surface area contributed by atoms with E-state index in [0.717, 1.165) is 23.1 Å². The highest BCUT2D eigenvalue weighted by Crippen LogP contribution is 2.40. The minimum Gasteiger partial charge on any atom is -0.507 e. The zero-order chi connectivity index (χ0) is 26.1. The van der Waals surface area contributed by atoms with Crippen LogP contribution in [0, 0.1) is 0 Å². The lowest BCUT2D eigenvalue weighted by Gasteiger charge is -2.27. The Morgan fingerprint density at radius 2 is 1.34 bits per heavy atom. The van der Waals surface area contributed by atoms with Crippen molar-refractivity contribution in [1.82, 2.24) is 0 Å². The van der Waals surface area contributed by atoms with Gasteiger partial charge in [-0.1, -0.05) is 99.1 Å². The zero-order valence-electron chi connectivity index (χ0n) is 23.0. The summed E-state index contributed by atoms with van der Waals surface area (Å²) in [5.74, 6) is 0.480. The number of hydrogen-bond acceptors (Lipinski definition) is 3. The third-order valence-electron chi connectivity index (χ3n) is 6.37. The molecule has 0 aliphatic carbocycles. The molecule has 2 aromatic carbocycles. The maximum absolute atomic E-state index is 12.5. The quantitative estimate of drug-likeness (QED) is 0.152. The van der Waals surface area contributed by atoms with Crippen molar-refractivity contribution in [3.8, 4) is 11.5 Å². The number of esters is 1. The van der Waals surface area contributed by atoms with Gasteiger partial charge in [0, 0.05) is 17.2 Å². The highest BCUT2D eigenvalue weighted by atomic mass is 16.5. The van der Waals surface area contributed by atoms with Crippen LogP contribution in [-0.2, 0) is 22.0 Å². The molecule has 0 bridgehead atoms. The lowest BCUT2D eigenvalue weighted by molar-refractivity contribution is -0.128. The van der Waals surface area contributed by atoms with Crippen LogP contribution >= 0.6 is 0 Å². The number of unbranched alkanes of at least 4 members (excludes halogenated alkanes) is 6. The van der Waals surface area contributed by atoms with Crippen LogP contribution in [0.3, 0.4) is 0 Å². The second-order valence-electron chi connectivity index (χ2n) is 11.7. The number of benzene rings is 2. The molecule has 0 aromatic heterocycles. The fraction of sp³-hybridized carbons (Fsp3) is 0.531. The van der Waals surface area contributed by atoms with E-state index in [4.69, 9.17) is 4.74 Å². The van der Waals surface area contributed by atoms with Crippen molar-refractivity contribution in [2.75, 3.05) is 0 Å². The van der Waals surface area contributed by atoms with Crippen LogP contribution in [0.25, 0.3) is 6.08 Å². The monoisotopic (exact) mass is 478 g/mol. The second-order valence-corrected chi connectivity index (χ2v) is 11.7. The van der Waals surface area contributed by atoms with Crippen molar-refractivity contribution < 1.29 is 14.6 Å². The minimum absolute atomic E-state index is 0.217. The number of rotatable bonds is 11. The number of phenolic OH excluding ortho intramolecular Hbond substituents is 1. The fourth-order valence-electron chi connectivity index (χ4n) is 4.22. The Balaban J connectivity index is 1.97. The maximum Gasteiger partial charge on any atom is 0.336 e. The summed E-state index contributed by atoms with van der Waals surface area (Å²) >= 11 is 0. The van der Waals surface area contributed by atoms with E-state index in [1.807, 2.05) is 24.3 Å². The molecule has 0 saturated heterocycles. The summed E-state index contributed by atoms with van der Waals surface area (Å²) in [6, 6.07) is 11.7. The molecule has 0 heterocycles. The van der Waals surface area contributed by atoms with E-state index in [1.165, 1.54) is 56.6 Å². The molecule has 3 nitrogen and oxygen atoms in total. The van der Waals surface area contributed by atoms with Gasteiger partial charge in [0.15, 0.2) is 0 Å². The van der Waals surface area contributed by atoms with Crippen LogP contribution in [0.5, 0.6) is 11.5 Å². The number of ether oxygens (including phenoxy) is 1. The van der Waals surface area contributed by atoms with Crippen molar-refractivity contribution >= 4 is 12.0 Å². The molecule has 0 fully saturated rings. The lowest BCUT2D eigenvalue weighted by atomic mass is 9.78. The number of aromatic hydroxyl groups is 1. The molecule has 0 aliphatic rings. The normalized spacial score (nSPS) is 12.3. The molecule has 0 radical (unpaired) electrons. The van der Waals surface area contributed by atoms with Crippen molar-refractivity contribution in [1.29, 1.82) is 0 Å². The molecular weight excluding hydrogens is 432 g/mol. The van der Waals surface area contributed by atoms with Crippen LogP contribution in [-0.4, -0.2) is 11.1 Å². The van der Waals surface area contributed by atoms with E-state index in [-0.39, 0.29) is 10.8 Å². The Bertz CT molecular complexity index is 934. The Morgan fingerprint density at radius 1 is 0.829 bits per heavy atom. The maximum atomic E-state index is 12.5. The molecule has 0 atom stereocenters. The molecule has 3 heteroatoms. The van der Waals surface area contributed by atoms with Gasteiger partial charge >= 0.3 is 5.97 Å². The number of carbonyl (C=O) groups excluding carboxylic acids is 1. The Morgan fingerprint density at radius 3 is 1.86 bits per heavy atom. The number of hydrogen-bond donors (Lipinski definition) is 1. The summed E-state index contributed by atoms with van der Waals surface area (Å²) in [5, 5.41) is 10.9. The molecule has 2 rings (SSSR count). The first-order valence-corrected chi connectivity index (χ1v) is 13.3. The molecule has 35 heavy (non-hydrogen) atoms. The van der Waals surface area contributed by atoms with Crippen LogP contribution in [0.15, 0.2) is 42.5 Å². The molecule has 0 unspecified atom stereocenters. The van der Waals surface area contributed by atoms with Gasteiger partial charge in [-0.2, -0.15) is 0 Å². The molecule has 2 aromatic rings. The van der Waals surface area contributed by atoms with Gasteiger partial charge in [-0.05, 0) is 65.1 Å². The van der Waals surface area contributed by atoms with Crippen molar-refractivity contribution in [3.63, 3.8) is 0 Å². The summed E-state index contributed by atoms with van der Waals surface area (Å²) in [5.41, 5.74) is 3.46. The first kappa shape index (κ1) is 28.7. The fourth-order valence-corrected chi connectivity index (χ4v) is 4.22. The molecule has 0 aliphatic heterocycles. The molecule has 0 saturated carbocycles. The molecule has 192 valence electrons. The van der Waals surface area contributed by atoms with E-state index >= 15 is 0 Å². The Labute approximate surface area is 213 Å². The summed E-state index contributed by atoms with van der Waals surface area (Å²) in [4.78, 5) is 12.5. The molecule has 0 spiro atoms. The van der Waals surface area contributed by atoms with Crippen LogP contribution in [0.2, 0.25) is 0 Å². The van der Waals surface area contributed by atoms with Gasteiger partial charge in [0.1, 0.15) is 11.5 Å². The molecule has 0 amide bonds. The van der Waals surface area contributed by atoms with Crippen LogP contribution in [0.4, 0.5) is 0 Å². The van der Waals surface area contributed by atoms with Crippen molar-refractivity contribution in [2.45, 2.75) is 111 Å². The standard InChI is InChI=1S/C32H46O3/c1-8-9-10-11-12-13-14-15-24-16-19-26(20-17-24)35-29(33)21-18-25-22-27(31(2,3)4)30(34)28(23-25)32(5,6)7/h16-23,34H,8-15H2,1-7H3. The van der Waals surface area contributed by atoms with Gasteiger partial charge in [0.05, 0.1) is 0 Å². The first-order chi connectivity index (χ1) is 16.4. The predicted octanol–water partition coefficient (Wildman–Crippen LogP) is 8.90. The highest BCUT2D eigenvalue weighted by Gasteiger charge is 2.26. The summed E-state index contributed by atoms with van der Waals surface area (Å²) in [7, 11) is 0. The second kappa shape index (κ2) is 13.0. The van der Waals surface area contributed by atoms with Crippen LogP contribution in [0.1, 0.15) is 116 Å². The molecular formula is C32H46O3. The summed E-state index contributed by atoms with van der Waals surface area (Å²) < 4.78 is 5.52. The average Bonchev–Trinajstić information content (AvgIpc) is 2.77. The first-order valence-electron chi connectivity index (χ1n) is 13.3. The smallest absolute Gasteiger partial charge is 0.336 e. The predicted molar refractivity (Wildman–Crippen MR) is 148 cm³/mol. The minimum atomic E-state index is -0.410. The van der Waals surface area contributed by atoms with Crippen molar-refractivity contribution in [2.24, 2.45) is 0 Å². The largest absolute Gasteiger partial charge is 0.507 e. The van der Waals surface area contributed by atoms with Gasteiger partial charge in [0.2, 0.25) is 0 Å². The zero-order valence-corrected chi connectivity index (χ0v) is 23.0. The Hall–Kier alpha value is -2.55. The SMILES string of the molecule is CCCCCCCCCc1ccc(OC(=O)C=Cc2cc(C(C)(C)C)c(O)c(C(C)(C)C)c2)cc1. The van der Waals surface area contributed by atoms with Gasteiger partial charge in [-0.3, -0.25) is 0 Å². The topological polar surface area (TPSA) is 46.5 Å². The van der Waals surface area contributed by atoms with E-state index in [2.05, 4.69) is 60.6 Å². The number of phenols is 1. The number of carbonyl (C=O) groups is 1. The summed E-state index contributed by atoms with van der Waals surface area (Å²) in [6.45, 7) is 14.7. The third kappa shape index (κ3) is 9.55. The van der Waals surface area contributed by atoms with Crippen molar-refractivity contribution in [3.05, 3.63) is 64.7 Å². The van der Waals surface area contributed by atoms with Gasteiger partial charge < -0.3 is 9.84 Å². The van der Waals surface area contributed by atoms with E-state index in [0.29, 0.717) is 11.5 Å². The van der Waals surface area contributed by atoms with E-state index in [9.17, 15) is 9.90 Å².